The van der Waals surface area contributed by atoms with Gasteiger partial charge in [0, 0.05) is 12.0 Å². The van der Waals surface area contributed by atoms with Crippen molar-refractivity contribution >= 4 is 0 Å². The summed E-state index contributed by atoms with van der Waals surface area (Å²) in [6.07, 6.45) is 6.11. The van der Waals surface area contributed by atoms with Gasteiger partial charge in [-0.1, -0.05) is 25.3 Å². The molecule has 0 saturated heterocycles. The van der Waals surface area contributed by atoms with Crippen molar-refractivity contribution in [3.05, 3.63) is 23.8 Å². The Kier molecular flexibility index (Phi) is 5.05. The second-order valence-electron chi connectivity index (χ2n) is 5.13. The molecule has 1 aromatic rings. The van der Waals surface area contributed by atoms with Crippen molar-refractivity contribution in [2.24, 2.45) is 5.84 Å². The number of nitrogens with two attached hydrogens (primary N) is 1. The molecule has 0 heterocycles. The summed E-state index contributed by atoms with van der Waals surface area (Å²) in [5.41, 5.74) is 4.27. The number of ether oxygens (including phenoxy) is 2. The van der Waals surface area contributed by atoms with Crippen molar-refractivity contribution in [1.29, 1.82) is 0 Å². The molecule has 1 fully saturated rings. The third-order valence-electron chi connectivity index (χ3n) is 4.07. The summed E-state index contributed by atoms with van der Waals surface area (Å²) >= 11 is 0. The lowest BCUT2D eigenvalue weighted by atomic mass is 9.88. The summed E-state index contributed by atoms with van der Waals surface area (Å²) in [6.45, 7) is 0. The van der Waals surface area contributed by atoms with Crippen molar-refractivity contribution in [2.45, 2.75) is 44.1 Å². The van der Waals surface area contributed by atoms with Gasteiger partial charge in [-0.15, -0.1) is 0 Å². The molecule has 1 aromatic carbocycles. The standard InChI is InChI=1S/C15H24N2O2/c1-18-14-9-8-11(10-15(14)19-2)12-6-4-3-5-7-13(12)17-16/h8-10,12-13,17H,3-7,16H2,1-2H3. The SMILES string of the molecule is COc1ccc(C2CCCCCC2NN)cc1OC. The van der Waals surface area contributed by atoms with Crippen molar-refractivity contribution in [3.63, 3.8) is 0 Å². The van der Waals surface area contributed by atoms with Gasteiger partial charge < -0.3 is 9.47 Å². The van der Waals surface area contributed by atoms with E-state index in [1.807, 2.05) is 6.07 Å². The highest BCUT2D eigenvalue weighted by molar-refractivity contribution is 5.44. The number of methoxy groups -OCH3 is 2. The second kappa shape index (κ2) is 6.78. The predicted molar refractivity (Wildman–Crippen MR) is 76.5 cm³/mol. The fourth-order valence-electron chi connectivity index (χ4n) is 2.99. The summed E-state index contributed by atoms with van der Waals surface area (Å²) in [6, 6.07) is 6.54. The molecular weight excluding hydrogens is 240 g/mol. The van der Waals surface area contributed by atoms with E-state index >= 15 is 0 Å². The molecule has 19 heavy (non-hydrogen) atoms. The monoisotopic (exact) mass is 264 g/mol. The fraction of sp³-hybridized carbons (Fsp3) is 0.600. The summed E-state index contributed by atoms with van der Waals surface area (Å²) in [4.78, 5) is 0. The molecule has 1 aliphatic carbocycles. The normalized spacial score (nSPS) is 23.7. The Bertz CT molecular complexity index is 409. The molecule has 0 aromatic heterocycles. The van der Waals surface area contributed by atoms with Crippen molar-refractivity contribution in [3.8, 4) is 11.5 Å². The molecule has 4 heteroatoms. The van der Waals surface area contributed by atoms with E-state index in [0.717, 1.165) is 17.9 Å². The van der Waals surface area contributed by atoms with E-state index in [-0.39, 0.29) is 0 Å². The van der Waals surface area contributed by atoms with Gasteiger partial charge in [-0.2, -0.15) is 0 Å². The summed E-state index contributed by atoms with van der Waals surface area (Å²) in [7, 11) is 3.33. The zero-order valence-electron chi connectivity index (χ0n) is 11.8. The van der Waals surface area contributed by atoms with Crippen LogP contribution in [-0.4, -0.2) is 20.3 Å². The van der Waals surface area contributed by atoms with Crippen molar-refractivity contribution in [1.82, 2.24) is 5.43 Å². The lowest BCUT2D eigenvalue weighted by Crippen LogP contribution is -2.39. The first-order valence-electron chi connectivity index (χ1n) is 6.98. The van der Waals surface area contributed by atoms with E-state index in [4.69, 9.17) is 15.3 Å². The second-order valence-corrected chi connectivity index (χ2v) is 5.13. The summed E-state index contributed by atoms with van der Waals surface area (Å²) in [5.74, 6) is 7.74. The number of hydrazine groups is 1. The van der Waals surface area contributed by atoms with E-state index in [0.29, 0.717) is 12.0 Å². The number of hydrogen-bond donors (Lipinski definition) is 2. The first kappa shape index (κ1) is 14.2. The van der Waals surface area contributed by atoms with Gasteiger partial charge in [-0.25, -0.2) is 0 Å². The Morgan fingerprint density at radius 2 is 1.79 bits per heavy atom. The molecular formula is C15H24N2O2. The molecule has 3 N–H and O–H groups in total. The van der Waals surface area contributed by atoms with Crippen LogP contribution in [-0.2, 0) is 0 Å². The highest BCUT2D eigenvalue weighted by Crippen LogP contribution is 2.36. The third kappa shape index (κ3) is 3.19. The molecule has 4 nitrogen and oxygen atoms in total. The van der Waals surface area contributed by atoms with Gasteiger partial charge in [0.15, 0.2) is 11.5 Å². The minimum atomic E-state index is 0.348. The molecule has 0 spiro atoms. The predicted octanol–water partition coefficient (Wildman–Crippen LogP) is 2.58. The van der Waals surface area contributed by atoms with Gasteiger partial charge in [-0.3, -0.25) is 11.3 Å². The highest BCUT2D eigenvalue weighted by Gasteiger charge is 2.25. The zero-order chi connectivity index (χ0) is 13.7. The maximum Gasteiger partial charge on any atom is 0.160 e. The lowest BCUT2D eigenvalue weighted by Gasteiger charge is -2.25. The van der Waals surface area contributed by atoms with Crippen LogP contribution < -0.4 is 20.7 Å². The molecule has 0 radical (unpaired) electrons. The van der Waals surface area contributed by atoms with Crippen LogP contribution in [0.2, 0.25) is 0 Å². The van der Waals surface area contributed by atoms with Gasteiger partial charge in [0.05, 0.1) is 14.2 Å². The first-order valence-corrected chi connectivity index (χ1v) is 6.98. The Labute approximate surface area is 115 Å². The average Bonchev–Trinajstić information content (AvgIpc) is 2.71. The summed E-state index contributed by atoms with van der Waals surface area (Å²) in [5, 5.41) is 0. The minimum Gasteiger partial charge on any atom is -0.493 e. The Hall–Kier alpha value is -1.26. The molecule has 106 valence electrons. The van der Waals surface area contributed by atoms with Crippen LogP contribution in [0.1, 0.15) is 43.6 Å². The van der Waals surface area contributed by atoms with Crippen LogP contribution in [0, 0.1) is 0 Å². The van der Waals surface area contributed by atoms with E-state index in [2.05, 4.69) is 17.6 Å². The molecule has 1 saturated carbocycles. The van der Waals surface area contributed by atoms with Crippen molar-refractivity contribution in [2.75, 3.05) is 14.2 Å². The third-order valence-corrected chi connectivity index (χ3v) is 4.07. The van der Waals surface area contributed by atoms with Gasteiger partial charge in [0.1, 0.15) is 0 Å². The van der Waals surface area contributed by atoms with Crippen LogP contribution in [0.4, 0.5) is 0 Å². The molecule has 1 aliphatic rings. The number of nitrogens with one attached hydrogen (secondary N) is 1. The van der Waals surface area contributed by atoms with Crippen LogP contribution in [0.3, 0.4) is 0 Å². The first-order chi connectivity index (χ1) is 9.30. The van der Waals surface area contributed by atoms with Gasteiger partial charge in [0.25, 0.3) is 0 Å². The molecule has 0 aliphatic heterocycles. The highest BCUT2D eigenvalue weighted by atomic mass is 16.5. The quantitative estimate of drug-likeness (QED) is 0.498. The van der Waals surface area contributed by atoms with E-state index in [9.17, 15) is 0 Å². The Morgan fingerprint density at radius 3 is 2.47 bits per heavy atom. The van der Waals surface area contributed by atoms with Crippen LogP contribution in [0.15, 0.2) is 18.2 Å². The number of rotatable bonds is 4. The van der Waals surface area contributed by atoms with E-state index in [1.54, 1.807) is 14.2 Å². The summed E-state index contributed by atoms with van der Waals surface area (Å²) < 4.78 is 10.7. The Balaban J connectivity index is 2.27. The van der Waals surface area contributed by atoms with Gasteiger partial charge in [0.2, 0.25) is 0 Å². The van der Waals surface area contributed by atoms with Crippen LogP contribution in [0.5, 0.6) is 11.5 Å². The molecule has 0 bridgehead atoms. The van der Waals surface area contributed by atoms with E-state index in [1.165, 1.54) is 31.2 Å². The topological polar surface area (TPSA) is 56.5 Å². The smallest absolute Gasteiger partial charge is 0.160 e. The minimum absolute atomic E-state index is 0.348. The largest absolute Gasteiger partial charge is 0.493 e. The van der Waals surface area contributed by atoms with E-state index < -0.39 is 0 Å². The Morgan fingerprint density at radius 1 is 1.05 bits per heavy atom. The maximum absolute atomic E-state index is 5.72. The molecule has 2 unspecified atom stereocenters. The number of hydrogen-bond acceptors (Lipinski definition) is 4. The van der Waals surface area contributed by atoms with Gasteiger partial charge >= 0.3 is 0 Å². The molecule has 0 amide bonds. The molecule has 2 rings (SSSR count). The number of benzene rings is 1. The van der Waals surface area contributed by atoms with Gasteiger partial charge in [-0.05, 0) is 30.5 Å². The lowest BCUT2D eigenvalue weighted by molar-refractivity contribution is 0.352. The van der Waals surface area contributed by atoms with Crippen LogP contribution >= 0.6 is 0 Å². The van der Waals surface area contributed by atoms with Crippen molar-refractivity contribution < 1.29 is 9.47 Å². The van der Waals surface area contributed by atoms with Crippen LogP contribution in [0.25, 0.3) is 0 Å². The zero-order valence-corrected chi connectivity index (χ0v) is 11.8. The fourth-order valence-corrected chi connectivity index (χ4v) is 2.99. The maximum atomic E-state index is 5.72. The average molecular weight is 264 g/mol. The molecule has 2 atom stereocenters.